The normalized spacial score (nSPS) is 11.0. The molecular weight excluding hydrogens is 444 g/mol. The van der Waals surface area contributed by atoms with Crippen LogP contribution in [0.15, 0.2) is 67.0 Å². The number of nitrogens with two attached hydrogens (primary N) is 2. The third kappa shape index (κ3) is 4.88. The van der Waals surface area contributed by atoms with Crippen molar-refractivity contribution in [2.45, 2.75) is 20.0 Å². The first-order valence-corrected chi connectivity index (χ1v) is 10.9. The molecule has 5 rings (SSSR count). The zero-order chi connectivity index (χ0) is 24.4. The maximum absolute atomic E-state index is 12.9. The topological polar surface area (TPSA) is 155 Å². The van der Waals surface area contributed by atoms with Gasteiger partial charge < -0.3 is 26.7 Å². The Bertz CT molecular complexity index is 1490. The Kier molecular flexibility index (Phi) is 5.71. The average molecular weight is 469 g/mol. The summed E-state index contributed by atoms with van der Waals surface area (Å²) in [6, 6.07) is 19.0. The number of nitrogens with zero attached hydrogens (tertiary/aromatic N) is 6. The molecule has 2 aromatic carbocycles. The Hall–Kier alpha value is -4.93. The number of fused-ring (bicyclic) bond motifs is 1. The van der Waals surface area contributed by atoms with Crippen LogP contribution in [-0.4, -0.2) is 35.2 Å². The van der Waals surface area contributed by atoms with E-state index >= 15 is 0 Å². The summed E-state index contributed by atoms with van der Waals surface area (Å²) in [7, 11) is 0. The fourth-order valence-electron chi connectivity index (χ4n) is 3.73. The van der Waals surface area contributed by atoms with Crippen LogP contribution in [0.4, 0.5) is 29.0 Å². The first kappa shape index (κ1) is 21.9. The number of rotatable bonds is 7. The predicted molar refractivity (Wildman–Crippen MR) is 135 cm³/mol. The van der Waals surface area contributed by atoms with Gasteiger partial charge in [0.1, 0.15) is 12.4 Å². The summed E-state index contributed by atoms with van der Waals surface area (Å²) in [5.41, 5.74) is 16.0. The number of benzene rings is 2. The van der Waals surface area contributed by atoms with E-state index in [2.05, 4.69) is 30.7 Å². The van der Waals surface area contributed by atoms with Crippen LogP contribution in [-0.2, 0) is 17.9 Å². The summed E-state index contributed by atoms with van der Waals surface area (Å²) < 4.78 is 3.39. The lowest BCUT2D eigenvalue weighted by Gasteiger charge is -2.10. The fourth-order valence-corrected chi connectivity index (χ4v) is 3.73. The van der Waals surface area contributed by atoms with Crippen molar-refractivity contribution in [3.05, 3.63) is 78.2 Å². The number of nitrogen functional groups attached to an aromatic ring is 2. The largest absolute Gasteiger partial charge is 0.399 e. The molecule has 0 saturated carbocycles. The lowest BCUT2D eigenvalue weighted by atomic mass is 10.2. The zero-order valence-corrected chi connectivity index (χ0v) is 19.0. The number of amides is 1. The number of aromatic nitrogens is 6. The summed E-state index contributed by atoms with van der Waals surface area (Å²) in [6.07, 6.45) is 1.54. The maximum atomic E-state index is 12.9. The standard InChI is InChI=1S/C24H24N10O/c1-15-11-19(34(32-15)12-16-5-3-2-4-6-16)29-20(35)13-33-14-27-21-22(30-24(26)31-23(21)33)28-18-9-7-17(25)8-10-18/h2-11,14H,12-13,25H2,1H3,(H,29,35)(H3,26,28,30,31). The van der Waals surface area contributed by atoms with Gasteiger partial charge in [-0.2, -0.15) is 15.1 Å². The van der Waals surface area contributed by atoms with Crippen LogP contribution in [0.3, 0.4) is 0 Å². The van der Waals surface area contributed by atoms with Crippen LogP contribution in [0.1, 0.15) is 11.3 Å². The lowest BCUT2D eigenvalue weighted by molar-refractivity contribution is -0.116. The van der Waals surface area contributed by atoms with E-state index in [0.717, 1.165) is 16.9 Å². The predicted octanol–water partition coefficient (Wildman–Crippen LogP) is 2.93. The number of carbonyl (C=O) groups excluding carboxylic acids is 1. The molecule has 0 unspecified atom stereocenters. The highest BCUT2D eigenvalue weighted by atomic mass is 16.2. The van der Waals surface area contributed by atoms with Crippen LogP contribution in [0.2, 0.25) is 0 Å². The minimum atomic E-state index is -0.247. The molecule has 0 aliphatic carbocycles. The Morgan fingerprint density at radius 3 is 2.57 bits per heavy atom. The number of imidazole rings is 1. The summed E-state index contributed by atoms with van der Waals surface area (Å²) in [4.78, 5) is 25.9. The second kappa shape index (κ2) is 9.14. The molecular formula is C24H24N10O. The van der Waals surface area contributed by atoms with Crippen molar-refractivity contribution in [3.63, 3.8) is 0 Å². The van der Waals surface area contributed by atoms with Crippen molar-refractivity contribution in [1.29, 1.82) is 0 Å². The molecule has 0 radical (unpaired) electrons. The molecule has 176 valence electrons. The molecule has 3 aromatic heterocycles. The molecule has 0 spiro atoms. The molecule has 0 saturated heterocycles. The molecule has 3 heterocycles. The third-order valence-electron chi connectivity index (χ3n) is 5.31. The van der Waals surface area contributed by atoms with Gasteiger partial charge in [-0.3, -0.25) is 4.79 Å². The van der Waals surface area contributed by atoms with E-state index in [1.54, 1.807) is 27.7 Å². The van der Waals surface area contributed by atoms with E-state index in [9.17, 15) is 4.79 Å². The van der Waals surface area contributed by atoms with Gasteiger partial charge in [-0.1, -0.05) is 30.3 Å². The molecule has 1 amide bonds. The summed E-state index contributed by atoms with van der Waals surface area (Å²) in [6.45, 7) is 2.42. The van der Waals surface area contributed by atoms with Crippen molar-refractivity contribution < 1.29 is 4.79 Å². The molecule has 0 aliphatic rings. The van der Waals surface area contributed by atoms with Crippen LogP contribution in [0, 0.1) is 6.92 Å². The summed E-state index contributed by atoms with van der Waals surface area (Å²) in [5.74, 6) is 0.867. The van der Waals surface area contributed by atoms with Crippen molar-refractivity contribution in [1.82, 2.24) is 29.3 Å². The van der Waals surface area contributed by atoms with Gasteiger partial charge in [0.2, 0.25) is 11.9 Å². The van der Waals surface area contributed by atoms with Crippen molar-refractivity contribution in [3.8, 4) is 0 Å². The Balaban J connectivity index is 1.35. The molecule has 0 fully saturated rings. The van der Waals surface area contributed by atoms with Gasteiger partial charge in [-0.05, 0) is 36.8 Å². The van der Waals surface area contributed by atoms with E-state index in [0.29, 0.717) is 35.0 Å². The van der Waals surface area contributed by atoms with Crippen LogP contribution >= 0.6 is 0 Å². The van der Waals surface area contributed by atoms with E-state index < -0.39 is 0 Å². The van der Waals surface area contributed by atoms with Crippen molar-refractivity contribution in [2.24, 2.45) is 0 Å². The van der Waals surface area contributed by atoms with Gasteiger partial charge in [0.05, 0.1) is 18.6 Å². The van der Waals surface area contributed by atoms with E-state index in [-0.39, 0.29) is 18.4 Å². The summed E-state index contributed by atoms with van der Waals surface area (Å²) >= 11 is 0. The quantitative estimate of drug-likeness (QED) is 0.266. The van der Waals surface area contributed by atoms with E-state index in [1.165, 1.54) is 0 Å². The summed E-state index contributed by atoms with van der Waals surface area (Å²) in [5, 5.41) is 10.6. The number of anilines is 5. The SMILES string of the molecule is Cc1cc(NC(=O)Cn2cnc3c(Nc4ccc(N)cc4)nc(N)nc32)n(Cc2ccccc2)n1. The number of hydrogen-bond donors (Lipinski definition) is 4. The van der Waals surface area contributed by atoms with E-state index in [1.807, 2.05) is 55.5 Å². The highest BCUT2D eigenvalue weighted by Crippen LogP contribution is 2.24. The molecule has 6 N–H and O–H groups in total. The molecule has 0 aliphatic heterocycles. The Labute approximate surface area is 200 Å². The minimum absolute atomic E-state index is 0.0101. The van der Waals surface area contributed by atoms with Gasteiger partial charge in [0.15, 0.2) is 17.0 Å². The first-order valence-electron chi connectivity index (χ1n) is 10.9. The van der Waals surface area contributed by atoms with Crippen LogP contribution in [0.5, 0.6) is 0 Å². The van der Waals surface area contributed by atoms with Gasteiger partial charge in [0, 0.05) is 17.4 Å². The molecule has 0 atom stereocenters. The monoisotopic (exact) mass is 468 g/mol. The van der Waals surface area contributed by atoms with Crippen LogP contribution < -0.4 is 22.1 Å². The molecule has 11 heteroatoms. The second-order valence-corrected chi connectivity index (χ2v) is 8.08. The Morgan fingerprint density at radius 2 is 1.80 bits per heavy atom. The first-order chi connectivity index (χ1) is 16.9. The van der Waals surface area contributed by atoms with Crippen molar-refractivity contribution >= 4 is 46.0 Å². The maximum Gasteiger partial charge on any atom is 0.245 e. The minimum Gasteiger partial charge on any atom is -0.399 e. The van der Waals surface area contributed by atoms with Gasteiger partial charge in [-0.25, -0.2) is 9.67 Å². The highest BCUT2D eigenvalue weighted by molar-refractivity contribution is 5.92. The van der Waals surface area contributed by atoms with Gasteiger partial charge in [-0.15, -0.1) is 0 Å². The number of aryl methyl sites for hydroxylation is 1. The van der Waals surface area contributed by atoms with Gasteiger partial charge >= 0.3 is 0 Å². The van der Waals surface area contributed by atoms with Crippen LogP contribution in [0.25, 0.3) is 11.2 Å². The smallest absolute Gasteiger partial charge is 0.245 e. The molecule has 11 nitrogen and oxygen atoms in total. The number of nitrogens with one attached hydrogen (secondary N) is 2. The third-order valence-corrected chi connectivity index (χ3v) is 5.31. The average Bonchev–Trinajstić information content (AvgIpc) is 3.38. The fraction of sp³-hybridized carbons (Fsp3) is 0.125. The second-order valence-electron chi connectivity index (χ2n) is 8.08. The van der Waals surface area contributed by atoms with E-state index in [4.69, 9.17) is 11.5 Å². The molecule has 0 bridgehead atoms. The van der Waals surface area contributed by atoms with Gasteiger partial charge in [0.25, 0.3) is 0 Å². The molecule has 5 aromatic rings. The van der Waals surface area contributed by atoms with Crippen molar-refractivity contribution in [2.75, 3.05) is 22.1 Å². The zero-order valence-electron chi connectivity index (χ0n) is 19.0. The Morgan fingerprint density at radius 1 is 1.03 bits per heavy atom. The molecule has 35 heavy (non-hydrogen) atoms. The number of carbonyl (C=O) groups is 1. The number of hydrogen-bond acceptors (Lipinski definition) is 8. The lowest BCUT2D eigenvalue weighted by Crippen LogP contribution is -2.21. The highest BCUT2D eigenvalue weighted by Gasteiger charge is 2.16.